The lowest BCUT2D eigenvalue weighted by Crippen LogP contribution is -2.42. The molecule has 1 heterocycles. The Labute approximate surface area is 208 Å². The van der Waals surface area contributed by atoms with E-state index in [9.17, 15) is 19.1 Å². The Bertz CT molecular complexity index is 1140. The standard InChI is InChI=1S/C27H29ClFNO5/c1-14-2-4-19(11-21(14)29)34-13-27(33)30-22-8-15-6-17(22)7-16(15)9-24(32)26-12-23(31)20-10-18(28)3-5-25(20)35-26/h2-5,10-11,15-17,22-23,26,31H,6-9,12-13H2,1H3,(H,30,33)/t15-,16-,17-,22+,23+,26+/m0/s1. The fourth-order valence-corrected chi connectivity index (χ4v) is 6.07. The molecule has 8 heteroatoms. The van der Waals surface area contributed by atoms with Crippen LogP contribution in [0, 0.1) is 30.5 Å². The van der Waals surface area contributed by atoms with Gasteiger partial charge in [0, 0.05) is 35.5 Å². The SMILES string of the molecule is Cc1ccc(OCC(=O)N[C@@H]2C[C@@H]3C[C@H]2C[C@H]3CC(=O)[C@H]2C[C@@H](O)c3cc(Cl)ccc3O2)cc1F. The molecule has 5 rings (SSSR count). The molecule has 2 aromatic carbocycles. The van der Waals surface area contributed by atoms with Gasteiger partial charge in [-0.2, -0.15) is 0 Å². The van der Waals surface area contributed by atoms with Crippen LogP contribution >= 0.6 is 11.6 Å². The normalized spacial score (nSPS) is 28.8. The van der Waals surface area contributed by atoms with Gasteiger partial charge in [0.15, 0.2) is 18.5 Å². The van der Waals surface area contributed by atoms with Gasteiger partial charge in [0.2, 0.25) is 0 Å². The molecule has 0 saturated heterocycles. The molecule has 2 aromatic rings. The van der Waals surface area contributed by atoms with Gasteiger partial charge in [0.1, 0.15) is 17.3 Å². The van der Waals surface area contributed by atoms with Crippen LogP contribution in [0.3, 0.4) is 0 Å². The van der Waals surface area contributed by atoms with E-state index >= 15 is 0 Å². The zero-order chi connectivity index (χ0) is 24.7. The molecular weight excluding hydrogens is 473 g/mol. The average Bonchev–Trinajstić information content (AvgIpc) is 3.40. The molecule has 2 aliphatic carbocycles. The lowest BCUT2D eigenvalue weighted by molar-refractivity contribution is -0.130. The monoisotopic (exact) mass is 501 g/mol. The first-order valence-electron chi connectivity index (χ1n) is 12.1. The van der Waals surface area contributed by atoms with E-state index in [1.807, 2.05) is 0 Å². The minimum atomic E-state index is -0.773. The number of halogens is 2. The minimum absolute atomic E-state index is 0.0153. The van der Waals surface area contributed by atoms with Crippen molar-refractivity contribution in [2.75, 3.05) is 6.61 Å². The van der Waals surface area contributed by atoms with Crippen LogP contribution in [0.1, 0.15) is 49.3 Å². The summed E-state index contributed by atoms with van der Waals surface area (Å²) in [6.07, 6.45) is 1.93. The molecule has 2 N–H and O–H groups in total. The van der Waals surface area contributed by atoms with Crippen molar-refractivity contribution in [2.45, 2.75) is 57.3 Å². The highest BCUT2D eigenvalue weighted by Gasteiger charge is 2.47. The van der Waals surface area contributed by atoms with Crippen LogP contribution in [0.2, 0.25) is 5.02 Å². The molecule has 2 fully saturated rings. The maximum absolute atomic E-state index is 13.6. The second-order valence-corrected chi connectivity index (χ2v) is 10.5. The summed E-state index contributed by atoms with van der Waals surface area (Å²) >= 11 is 6.01. The van der Waals surface area contributed by atoms with Crippen molar-refractivity contribution in [3.8, 4) is 11.5 Å². The number of amides is 1. The summed E-state index contributed by atoms with van der Waals surface area (Å²) in [5.74, 6) is 1.24. The van der Waals surface area contributed by atoms with Crippen molar-refractivity contribution in [3.63, 3.8) is 0 Å². The van der Waals surface area contributed by atoms with Crippen LogP contribution in [-0.4, -0.2) is 35.5 Å². The Hall–Kier alpha value is -2.64. The maximum Gasteiger partial charge on any atom is 0.258 e. The highest BCUT2D eigenvalue weighted by atomic mass is 35.5. The first kappa shape index (κ1) is 24.1. The number of Topliss-reactive ketones (excluding diaryl/α,β-unsaturated/α-hetero) is 1. The molecule has 0 spiro atoms. The number of hydrogen-bond acceptors (Lipinski definition) is 5. The van der Waals surface area contributed by atoms with Crippen LogP contribution in [0.25, 0.3) is 0 Å². The zero-order valence-electron chi connectivity index (χ0n) is 19.5. The fourth-order valence-electron chi connectivity index (χ4n) is 5.89. The second-order valence-electron chi connectivity index (χ2n) is 10.1. The summed E-state index contributed by atoms with van der Waals surface area (Å²) in [5, 5.41) is 14.0. The van der Waals surface area contributed by atoms with Gasteiger partial charge in [-0.3, -0.25) is 9.59 Å². The Morgan fingerprint density at radius 3 is 2.71 bits per heavy atom. The van der Waals surface area contributed by atoms with E-state index in [1.165, 1.54) is 6.07 Å². The highest BCUT2D eigenvalue weighted by Crippen LogP contribution is 2.50. The zero-order valence-corrected chi connectivity index (χ0v) is 20.3. The van der Waals surface area contributed by atoms with Gasteiger partial charge in [-0.25, -0.2) is 4.39 Å². The number of fused-ring (bicyclic) bond motifs is 3. The third-order valence-corrected chi connectivity index (χ3v) is 7.96. The lowest BCUT2D eigenvalue weighted by Gasteiger charge is -2.32. The number of aliphatic hydroxyl groups is 1. The molecule has 3 aliphatic rings. The molecule has 0 unspecified atom stereocenters. The van der Waals surface area contributed by atoms with Gasteiger partial charge in [-0.15, -0.1) is 0 Å². The quantitative estimate of drug-likeness (QED) is 0.582. The summed E-state index contributed by atoms with van der Waals surface area (Å²) in [5.41, 5.74) is 1.15. The van der Waals surface area contributed by atoms with E-state index in [0.717, 1.165) is 19.3 Å². The van der Waals surface area contributed by atoms with E-state index in [1.54, 1.807) is 37.3 Å². The topological polar surface area (TPSA) is 84.9 Å². The molecular formula is C27H29ClFNO5. The molecule has 2 bridgehead atoms. The molecule has 0 radical (unpaired) electrons. The number of ether oxygens (including phenoxy) is 2. The van der Waals surface area contributed by atoms with Crippen molar-refractivity contribution in [2.24, 2.45) is 17.8 Å². The van der Waals surface area contributed by atoms with Crippen LogP contribution in [0.4, 0.5) is 4.39 Å². The third kappa shape index (κ3) is 5.16. The van der Waals surface area contributed by atoms with E-state index in [0.29, 0.717) is 45.9 Å². The molecule has 2 saturated carbocycles. The first-order chi connectivity index (χ1) is 16.8. The Morgan fingerprint density at radius 2 is 1.97 bits per heavy atom. The summed E-state index contributed by atoms with van der Waals surface area (Å²) in [6, 6.07) is 9.68. The minimum Gasteiger partial charge on any atom is -0.484 e. The molecule has 186 valence electrons. The number of ketones is 1. The van der Waals surface area contributed by atoms with Crippen molar-refractivity contribution in [3.05, 3.63) is 58.4 Å². The maximum atomic E-state index is 13.6. The molecule has 1 aliphatic heterocycles. The molecule has 6 atom stereocenters. The number of rotatable bonds is 7. The molecule has 0 aromatic heterocycles. The molecule has 35 heavy (non-hydrogen) atoms. The van der Waals surface area contributed by atoms with E-state index in [2.05, 4.69) is 5.32 Å². The van der Waals surface area contributed by atoms with Gasteiger partial charge in [-0.05, 0) is 73.8 Å². The largest absolute Gasteiger partial charge is 0.484 e. The van der Waals surface area contributed by atoms with Gasteiger partial charge in [0.05, 0.1) is 6.10 Å². The smallest absolute Gasteiger partial charge is 0.258 e. The molecule has 1 amide bonds. The number of nitrogens with one attached hydrogen (secondary N) is 1. The van der Waals surface area contributed by atoms with Crippen LogP contribution in [-0.2, 0) is 9.59 Å². The van der Waals surface area contributed by atoms with E-state index in [4.69, 9.17) is 21.1 Å². The van der Waals surface area contributed by atoms with Crippen molar-refractivity contribution >= 4 is 23.3 Å². The van der Waals surface area contributed by atoms with Crippen LogP contribution in [0.15, 0.2) is 36.4 Å². The number of aryl methyl sites for hydroxylation is 1. The summed E-state index contributed by atoms with van der Waals surface area (Å²) < 4.78 is 25.0. The first-order valence-corrected chi connectivity index (χ1v) is 12.5. The number of carbonyl (C=O) groups is 2. The fraction of sp³-hybridized carbons (Fsp3) is 0.481. The molecule has 6 nitrogen and oxygen atoms in total. The van der Waals surface area contributed by atoms with Crippen molar-refractivity contribution in [1.29, 1.82) is 0 Å². The number of aliphatic hydroxyl groups excluding tert-OH is 1. The van der Waals surface area contributed by atoms with Gasteiger partial charge >= 0.3 is 0 Å². The number of hydrogen-bond donors (Lipinski definition) is 2. The Morgan fingerprint density at radius 1 is 1.14 bits per heavy atom. The van der Waals surface area contributed by atoms with Crippen LogP contribution < -0.4 is 14.8 Å². The summed E-state index contributed by atoms with van der Waals surface area (Å²) in [6.45, 7) is 1.51. The predicted octanol–water partition coefficient (Wildman–Crippen LogP) is 4.54. The van der Waals surface area contributed by atoms with Gasteiger partial charge < -0.3 is 19.9 Å². The predicted molar refractivity (Wildman–Crippen MR) is 128 cm³/mol. The van der Waals surface area contributed by atoms with Gasteiger partial charge in [-0.1, -0.05) is 17.7 Å². The van der Waals surface area contributed by atoms with Gasteiger partial charge in [0.25, 0.3) is 5.91 Å². The van der Waals surface area contributed by atoms with Crippen molar-refractivity contribution in [1.82, 2.24) is 5.32 Å². The lowest BCUT2D eigenvalue weighted by atomic mass is 9.81. The Balaban J connectivity index is 1.09. The average molecular weight is 502 g/mol. The highest BCUT2D eigenvalue weighted by molar-refractivity contribution is 6.30. The van der Waals surface area contributed by atoms with Crippen molar-refractivity contribution < 1.29 is 28.6 Å². The Kier molecular flexibility index (Phi) is 6.73. The third-order valence-electron chi connectivity index (χ3n) is 7.72. The summed E-state index contributed by atoms with van der Waals surface area (Å²) in [7, 11) is 0. The number of carbonyl (C=O) groups excluding carboxylic acids is 2. The number of benzene rings is 2. The second kappa shape index (κ2) is 9.78. The van der Waals surface area contributed by atoms with Crippen LogP contribution in [0.5, 0.6) is 11.5 Å². The van der Waals surface area contributed by atoms with E-state index < -0.39 is 12.2 Å². The van der Waals surface area contributed by atoms with E-state index in [-0.39, 0.29) is 42.5 Å². The summed E-state index contributed by atoms with van der Waals surface area (Å²) in [4.78, 5) is 25.4.